The van der Waals surface area contributed by atoms with E-state index < -0.39 is 5.25 Å². The summed E-state index contributed by atoms with van der Waals surface area (Å²) in [7, 11) is 1.36. The summed E-state index contributed by atoms with van der Waals surface area (Å²) in [5.74, 6) is -0.361. The molecular formula is C20H29N3O4S. The number of benzene rings is 1. The van der Waals surface area contributed by atoms with Crippen LogP contribution >= 0.6 is 11.8 Å². The quantitative estimate of drug-likeness (QED) is 0.547. The molecule has 0 aliphatic carbocycles. The Bertz CT molecular complexity index is 702. The molecular weight excluding hydrogens is 378 g/mol. The van der Waals surface area contributed by atoms with E-state index in [-0.39, 0.29) is 23.8 Å². The maximum Gasteiger partial charge on any atom is 0.318 e. The maximum atomic E-state index is 13.0. The molecule has 0 radical (unpaired) electrons. The lowest BCUT2D eigenvalue weighted by atomic mass is 10.2. The summed E-state index contributed by atoms with van der Waals surface area (Å²) in [6.45, 7) is 8.44. The second-order valence-corrected chi connectivity index (χ2v) is 8.45. The second-order valence-electron chi connectivity index (χ2n) is 7.07. The minimum absolute atomic E-state index is 0.00770. The van der Waals surface area contributed by atoms with Crippen LogP contribution < -0.4 is 5.32 Å². The fraction of sp³-hybridized carbons (Fsp3) is 0.550. The third-order valence-corrected chi connectivity index (χ3v) is 5.59. The highest BCUT2D eigenvalue weighted by Crippen LogP contribution is 2.28. The van der Waals surface area contributed by atoms with E-state index in [0.29, 0.717) is 38.3 Å². The second kappa shape index (κ2) is 10.5. The molecule has 0 spiro atoms. The fourth-order valence-electron chi connectivity index (χ4n) is 3.00. The zero-order valence-electron chi connectivity index (χ0n) is 16.9. The Balaban J connectivity index is 1.97. The summed E-state index contributed by atoms with van der Waals surface area (Å²) in [5.41, 5.74) is 0.592. The first-order valence-corrected chi connectivity index (χ1v) is 10.3. The van der Waals surface area contributed by atoms with Crippen LogP contribution in [0.4, 0.5) is 0 Å². The number of amides is 2. The molecule has 1 N–H and O–H groups in total. The van der Waals surface area contributed by atoms with Crippen molar-refractivity contribution in [1.82, 2.24) is 15.1 Å². The molecule has 1 heterocycles. The lowest BCUT2D eigenvalue weighted by Gasteiger charge is -2.34. The van der Waals surface area contributed by atoms with Gasteiger partial charge >= 0.3 is 5.97 Å². The third-order valence-electron chi connectivity index (χ3n) is 4.43. The molecule has 1 aliphatic heterocycles. The topological polar surface area (TPSA) is 79.0 Å². The highest BCUT2D eigenvalue weighted by atomic mass is 32.2. The molecule has 1 atom stereocenters. The first-order chi connectivity index (χ1) is 13.3. The van der Waals surface area contributed by atoms with Crippen LogP contribution in [0.3, 0.4) is 0 Å². The van der Waals surface area contributed by atoms with E-state index in [0.717, 1.165) is 4.90 Å². The molecule has 2 rings (SSSR count). The summed E-state index contributed by atoms with van der Waals surface area (Å²) in [5, 5.41) is 2.49. The minimum atomic E-state index is -0.393. The lowest BCUT2D eigenvalue weighted by Crippen LogP contribution is -2.51. The van der Waals surface area contributed by atoms with Gasteiger partial charge in [-0.2, -0.15) is 0 Å². The highest BCUT2D eigenvalue weighted by Gasteiger charge is 2.26. The zero-order valence-corrected chi connectivity index (χ0v) is 17.8. The van der Waals surface area contributed by atoms with Crippen LogP contribution in [0.15, 0.2) is 29.2 Å². The van der Waals surface area contributed by atoms with Crippen LogP contribution in [0.5, 0.6) is 0 Å². The van der Waals surface area contributed by atoms with Crippen LogP contribution in [-0.4, -0.2) is 78.7 Å². The van der Waals surface area contributed by atoms with Crippen molar-refractivity contribution in [2.24, 2.45) is 0 Å². The molecule has 1 aromatic rings. The SMILES string of the molecule is COC(=O)C(C)Sc1ccccc1C(=O)N1CCN(CC(=O)NC(C)C)CC1. The number of rotatable bonds is 7. The van der Waals surface area contributed by atoms with Gasteiger partial charge in [-0.05, 0) is 32.9 Å². The molecule has 0 aromatic heterocycles. The Kier molecular flexibility index (Phi) is 8.32. The van der Waals surface area contributed by atoms with E-state index >= 15 is 0 Å². The van der Waals surface area contributed by atoms with E-state index in [1.165, 1.54) is 18.9 Å². The molecule has 1 unspecified atom stereocenters. The van der Waals surface area contributed by atoms with Gasteiger partial charge in [0.15, 0.2) is 0 Å². The number of methoxy groups -OCH3 is 1. The number of ether oxygens (including phenoxy) is 1. The number of nitrogens with zero attached hydrogens (tertiary/aromatic N) is 2. The van der Waals surface area contributed by atoms with Gasteiger partial charge in [0.1, 0.15) is 5.25 Å². The Hall–Kier alpha value is -2.06. The maximum absolute atomic E-state index is 13.0. The minimum Gasteiger partial charge on any atom is -0.468 e. The Labute approximate surface area is 170 Å². The largest absolute Gasteiger partial charge is 0.468 e. The summed E-state index contributed by atoms with van der Waals surface area (Å²) in [4.78, 5) is 41.3. The van der Waals surface area contributed by atoms with Crippen LogP contribution in [0.2, 0.25) is 0 Å². The predicted octanol–water partition coefficient (Wildman–Crippen LogP) is 1.62. The van der Waals surface area contributed by atoms with Crippen molar-refractivity contribution in [2.75, 3.05) is 39.8 Å². The van der Waals surface area contributed by atoms with Crippen molar-refractivity contribution in [3.8, 4) is 0 Å². The average Bonchev–Trinajstić information content (AvgIpc) is 2.67. The molecule has 1 fully saturated rings. The van der Waals surface area contributed by atoms with Crippen LogP contribution in [0, 0.1) is 0 Å². The van der Waals surface area contributed by atoms with Crippen molar-refractivity contribution < 1.29 is 19.1 Å². The van der Waals surface area contributed by atoms with Gasteiger partial charge in [0.25, 0.3) is 5.91 Å². The predicted molar refractivity (Wildman–Crippen MR) is 109 cm³/mol. The molecule has 1 aliphatic rings. The zero-order chi connectivity index (χ0) is 20.7. The Morgan fingerprint density at radius 2 is 1.75 bits per heavy atom. The van der Waals surface area contributed by atoms with E-state index in [1.807, 2.05) is 32.0 Å². The Morgan fingerprint density at radius 3 is 2.36 bits per heavy atom. The van der Waals surface area contributed by atoms with Crippen molar-refractivity contribution in [3.63, 3.8) is 0 Å². The normalized spacial score (nSPS) is 16.0. The van der Waals surface area contributed by atoms with Crippen LogP contribution in [0.1, 0.15) is 31.1 Å². The lowest BCUT2D eigenvalue weighted by molar-refractivity contribution is -0.139. The number of thioether (sulfide) groups is 1. The standard InChI is InChI=1S/C20H29N3O4S/c1-14(2)21-18(24)13-22-9-11-23(12-10-22)19(25)16-7-5-6-8-17(16)28-15(3)20(26)27-4/h5-8,14-15H,9-13H2,1-4H3,(H,21,24). The molecule has 2 amide bonds. The van der Waals surface area contributed by atoms with E-state index in [1.54, 1.807) is 17.9 Å². The van der Waals surface area contributed by atoms with Crippen LogP contribution in [-0.2, 0) is 14.3 Å². The molecule has 0 bridgehead atoms. The van der Waals surface area contributed by atoms with Gasteiger partial charge < -0.3 is 15.0 Å². The van der Waals surface area contributed by atoms with Gasteiger partial charge in [0.2, 0.25) is 5.91 Å². The van der Waals surface area contributed by atoms with Gasteiger partial charge in [-0.1, -0.05) is 12.1 Å². The molecule has 28 heavy (non-hydrogen) atoms. The van der Waals surface area contributed by atoms with E-state index in [9.17, 15) is 14.4 Å². The number of carbonyl (C=O) groups excluding carboxylic acids is 3. The van der Waals surface area contributed by atoms with Crippen molar-refractivity contribution >= 4 is 29.5 Å². The van der Waals surface area contributed by atoms with Gasteiger partial charge in [-0.3, -0.25) is 19.3 Å². The monoisotopic (exact) mass is 407 g/mol. The molecule has 1 saturated heterocycles. The van der Waals surface area contributed by atoms with Crippen molar-refractivity contribution in [2.45, 2.75) is 37.0 Å². The number of hydrogen-bond donors (Lipinski definition) is 1. The third kappa shape index (κ3) is 6.24. The molecule has 154 valence electrons. The summed E-state index contributed by atoms with van der Waals surface area (Å²) in [6, 6.07) is 7.44. The summed E-state index contributed by atoms with van der Waals surface area (Å²) >= 11 is 1.32. The van der Waals surface area contributed by atoms with Crippen molar-refractivity contribution in [1.29, 1.82) is 0 Å². The number of esters is 1. The molecule has 1 aromatic carbocycles. The first-order valence-electron chi connectivity index (χ1n) is 9.46. The van der Waals surface area contributed by atoms with E-state index in [2.05, 4.69) is 10.2 Å². The van der Waals surface area contributed by atoms with Crippen molar-refractivity contribution in [3.05, 3.63) is 29.8 Å². The molecule has 0 saturated carbocycles. The number of piperazine rings is 1. The smallest absolute Gasteiger partial charge is 0.318 e. The summed E-state index contributed by atoms with van der Waals surface area (Å²) in [6.07, 6.45) is 0. The van der Waals surface area contributed by atoms with Gasteiger partial charge in [-0.15, -0.1) is 11.8 Å². The fourth-order valence-corrected chi connectivity index (χ4v) is 4.01. The van der Waals surface area contributed by atoms with Gasteiger partial charge in [0.05, 0.1) is 19.2 Å². The summed E-state index contributed by atoms with van der Waals surface area (Å²) < 4.78 is 4.77. The number of nitrogens with one attached hydrogen (secondary N) is 1. The average molecular weight is 408 g/mol. The van der Waals surface area contributed by atoms with Gasteiger partial charge in [0, 0.05) is 37.1 Å². The number of hydrogen-bond acceptors (Lipinski definition) is 6. The van der Waals surface area contributed by atoms with Crippen LogP contribution in [0.25, 0.3) is 0 Å². The molecule has 7 nitrogen and oxygen atoms in total. The highest BCUT2D eigenvalue weighted by molar-refractivity contribution is 8.00. The molecule has 8 heteroatoms. The Morgan fingerprint density at radius 1 is 1.11 bits per heavy atom. The van der Waals surface area contributed by atoms with E-state index in [4.69, 9.17) is 4.74 Å². The number of carbonyl (C=O) groups is 3. The van der Waals surface area contributed by atoms with Gasteiger partial charge in [-0.25, -0.2) is 0 Å². The first kappa shape index (κ1) is 22.2.